The first-order valence-electron chi connectivity index (χ1n) is 9.45. The van der Waals surface area contributed by atoms with Gasteiger partial charge >= 0.3 is 0 Å². The summed E-state index contributed by atoms with van der Waals surface area (Å²) in [5.41, 5.74) is 6.57. The first-order chi connectivity index (χ1) is 14.1. The van der Waals surface area contributed by atoms with E-state index in [0.717, 1.165) is 39.8 Å². The summed E-state index contributed by atoms with van der Waals surface area (Å²) in [6.07, 6.45) is 1.72. The summed E-state index contributed by atoms with van der Waals surface area (Å²) in [7, 11) is 0. The Morgan fingerprint density at radius 1 is 0.931 bits per heavy atom. The number of carbonyl (C=O) groups is 1. The van der Waals surface area contributed by atoms with E-state index in [4.69, 9.17) is 11.6 Å². The van der Waals surface area contributed by atoms with E-state index in [9.17, 15) is 4.79 Å². The Bertz CT molecular complexity index is 954. The highest BCUT2D eigenvalue weighted by Gasteiger charge is 2.05. The van der Waals surface area contributed by atoms with Crippen molar-refractivity contribution in [2.24, 2.45) is 5.10 Å². The molecule has 0 saturated carbocycles. The molecule has 0 aromatic heterocycles. The third-order valence-corrected chi connectivity index (χ3v) is 5.74. The number of aryl methyl sites for hydroxylation is 1. The summed E-state index contributed by atoms with van der Waals surface area (Å²) in [6.45, 7) is 1.93. The van der Waals surface area contributed by atoms with Crippen LogP contribution in [-0.4, -0.2) is 11.6 Å². The first-order valence-corrected chi connectivity index (χ1v) is 10.8. The molecule has 0 unspecified atom stereocenters. The minimum absolute atomic E-state index is 0.194. The zero-order valence-electron chi connectivity index (χ0n) is 16.3. The van der Waals surface area contributed by atoms with Crippen molar-refractivity contribution in [2.75, 3.05) is 0 Å². The molecule has 0 fully saturated rings. The van der Waals surface area contributed by atoms with Gasteiger partial charge in [0.05, 0.1) is 0 Å². The zero-order valence-corrected chi connectivity index (χ0v) is 17.8. The molecular formula is C24H23ClN2OS. The van der Waals surface area contributed by atoms with Gasteiger partial charge in [-0.2, -0.15) is 5.10 Å². The molecule has 3 nitrogen and oxygen atoms in total. The highest BCUT2D eigenvalue weighted by atomic mass is 35.5. The molecule has 0 bridgehead atoms. The van der Waals surface area contributed by atoms with Gasteiger partial charge in [0.25, 0.3) is 5.91 Å². The number of amides is 1. The highest BCUT2D eigenvalue weighted by molar-refractivity contribution is 7.98. The maximum Gasteiger partial charge on any atom is 0.271 e. The van der Waals surface area contributed by atoms with E-state index in [1.54, 1.807) is 11.8 Å². The summed E-state index contributed by atoms with van der Waals surface area (Å²) in [5, 5.41) is 4.96. The Kier molecular flexibility index (Phi) is 7.91. The normalized spacial score (nSPS) is 11.3. The molecule has 148 valence electrons. The van der Waals surface area contributed by atoms with E-state index in [1.165, 1.54) is 5.56 Å². The second kappa shape index (κ2) is 10.8. The van der Waals surface area contributed by atoms with Crippen molar-refractivity contribution in [1.82, 2.24) is 5.43 Å². The molecule has 0 heterocycles. The van der Waals surface area contributed by atoms with Gasteiger partial charge < -0.3 is 0 Å². The summed E-state index contributed by atoms with van der Waals surface area (Å²) < 4.78 is 0. The van der Waals surface area contributed by atoms with Gasteiger partial charge in [-0.25, -0.2) is 5.43 Å². The number of nitrogens with one attached hydrogen (secondary N) is 1. The predicted molar refractivity (Wildman–Crippen MR) is 123 cm³/mol. The lowest BCUT2D eigenvalue weighted by Gasteiger charge is -2.05. The van der Waals surface area contributed by atoms with Crippen LogP contribution in [0.1, 0.15) is 34.8 Å². The second-order valence-corrected chi connectivity index (χ2v) is 8.20. The maximum absolute atomic E-state index is 12.3. The molecular weight excluding hydrogens is 400 g/mol. The average Bonchev–Trinajstić information content (AvgIpc) is 2.76. The zero-order chi connectivity index (χ0) is 20.5. The van der Waals surface area contributed by atoms with E-state index in [2.05, 4.69) is 22.7 Å². The van der Waals surface area contributed by atoms with Crippen LogP contribution in [0, 0.1) is 0 Å². The monoisotopic (exact) mass is 422 g/mol. The number of halogens is 1. The molecule has 3 aromatic carbocycles. The van der Waals surface area contributed by atoms with E-state index in [-0.39, 0.29) is 5.91 Å². The van der Waals surface area contributed by atoms with E-state index in [0.29, 0.717) is 5.56 Å². The molecule has 1 amide bonds. The van der Waals surface area contributed by atoms with Gasteiger partial charge in [-0.1, -0.05) is 54.1 Å². The maximum atomic E-state index is 12.3. The van der Waals surface area contributed by atoms with E-state index < -0.39 is 0 Å². The summed E-state index contributed by atoms with van der Waals surface area (Å²) in [5.74, 6) is 0.640. The fraction of sp³-hybridized carbons (Fsp3) is 0.167. The molecule has 3 aromatic rings. The largest absolute Gasteiger partial charge is 0.271 e. The number of nitrogens with zero attached hydrogens (tertiary/aromatic N) is 1. The van der Waals surface area contributed by atoms with Gasteiger partial charge in [0.15, 0.2) is 0 Å². The van der Waals surface area contributed by atoms with Crippen LogP contribution in [0.5, 0.6) is 0 Å². The Morgan fingerprint density at radius 3 is 2.31 bits per heavy atom. The van der Waals surface area contributed by atoms with Crippen molar-refractivity contribution in [3.8, 4) is 0 Å². The van der Waals surface area contributed by atoms with Crippen molar-refractivity contribution < 1.29 is 4.79 Å². The molecule has 3 rings (SSSR count). The van der Waals surface area contributed by atoms with E-state index in [1.807, 2.05) is 73.7 Å². The van der Waals surface area contributed by atoms with Crippen molar-refractivity contribution in [3.05, 3.63) is 101 Å². The van der Waals surface area contributed by atoms with Crippen LogP contribution in [-0.2, 0) is 12.2 Å². The minimum atomic E-state index is -0.194. The Balaban J connectivity index is 1.47. The Morgan fingerprint density at radius 2 is 1.62 bits per heavy atom. The molecule has 0 aliphatic carbocycles. The molecule has 0 spiro atoms. The summed E-state index contributed by atoms with van der Waals surface area (Å²) in [4.78, 5) is 13.5. The van der Waals surface area contributed by atoms with Crippen molar-refractivity contribution >= 4 is 35.0 Å². The number of thioether (sulfide) groups is 1. The van der Waals surface area contributed by atoms with Crippen LogP contribution in [0.15, 0.2) is 88.9 Å². The van der Waals surface area contributed by atoms with Crippen molar-refractivity contribution in [2.45, 2.75) is 30.4 Å². The van der Waals surface area contributed by atoms with Crippen molar-refractivity contribution in [3.63, 3.8) is 0 Å². The number of hydrogen-bond donors (Lipinski definition) is 1. The Hall–Kier alpha value is -2.56. The van der Waals surface area contributed by atoms with Crippen LogP contribution in [0.4, 0.5) is 0 Å². The third kappa shape index (κ3) is 7.08. The van der Waals surface area contributed by atoms with Gasteiger partial charge in [0.1, 0.15) is 0 Å². The first kappa shape index (κ1) is 21.2. The van der Waals surface area contributed by atoms with Crippen LogP contribution in [0.2, 0.25) is 5.02 Å². The van der Waals surface area contributed by atoms with Gasteiger partial charge in [0, 0.05) is 26.9 Å². The van der Waals surface area contributed by atoms with Crippen LogP contribution >= 0.6 is 23.4 Å². The SMILES string of the molecule is C/C(CCc1ccccc1)=N/NC(=O)c1ccc(CSc2ccc(Cl)cc2)cc1. The summed E-state index contributed by atoms with van der Waals surface area (Å²) >= 11 is 7.64. The molecule has 5 heteroatoms. The van der Waals surface area contributed by atoms with Gasteiger partial charge in [0.2, 0.25) is 0 Å². The highest BCUT2D eigenvalue weighted by Crippen LogP contribution is 2.24. The third-order valence-electron chi connectivity index (χ3n) is 4.40. The smallest absolute Gasteiger partial charge is 0.267 e. The summed E-state index contributed by atoms with van der Waals surface area (Å²) in [6, 6.07) is 25.7. The Labute approximate surface area is 181 Å². The van der Waals surface area contributed by atoms with E-state index >= 15 is 0 Å². The minimum Gasteiger partial charge on any atom is -0.267 e. The number of hydrogen-bond acceptors (Lipinski definition) is 3. The lowest BCUT2D eigenvalue weighted by atomic mass is 10.1. The topological polar surface area (TPSA) is 41.5 Å². The second-order valence-electron chi connectivity index (χ2n) is 6.71. The lowest BCUT2D eigenvalue weighted by Crippen LogP contribution is -2.19. The lowest BCUT2D eigenvalue weighted by molar-refractivity contribution is 0.0954. The van der Waals surface area contributed by atoms with Gasteiger partial charge in [-0.3, -0.25) is 4.79 Å². The standard InChI is InChI=1S/C24H23ClN2OS/c1-18(7-8-19-5-3-2-4-6-19)26-27-24(28)21-11-9-20(10-12-21)17-29-23-15-13-22(25)14-16-23/h2-6,9-16H,7-8,17H2,1H3,(H,27,28)/b26-18-. The average molecular weight is 423 g/mol. The number of hydrazone groups is 1. The van der Waals surface area contributed by atoms with Gasteiger partial charge in [-0.15, -0.1) is 11.8 Å². The molecule has 0 atom stereocenters. The predicted octanol–water partition coefficient (Wildman–Crippen LogP) is 6.37. The quantitative estimate of drug-likeness (QED) is 0.260. The molecule has 0 radical (unpaired) electrons. The fourth-order valence-corrected chi connectivity index (χ4v) is 3.67. The van der Waals surface area contributed by atoms with Crippen LogP contribution in [0.25, 0.3) is 0 Å². The molecule has 29 heavy (non-hydrogen) atoms. The van der Waals surface area contributed by atoms with Gasteiger partial charge in [-0.05, 0) is 67.3 Å². The van der Waals surface area contributed by atoms with Crippen molar-refractivity contribution in [1.29, 1.82) is 0 Å². The molecule has 1 N–H and O–H groups in total. The number of benzene rings is 3. The fourth-order valence-electron chi connectivity index (χ4n) is 2.69. The molecule has 0 aliphatic rings. The molecule has 0 saturated heterocycles. The number of rotatable bonds is 8. The molecule has 0 aliphatic heterocycles. The number of carbonyl (C=O) groups excluding carboxylic acids is 1. The van der Waals surface area contributed by atoms with Crippen LogP contribution < -0.4 is 5.43 Å². The van der Waals surface area contributed by atoms with Crippen LogP contribution in [0.3, 0.4) is 0 Å².